The second-order valence-corrected chi connectivity index (χ2v) is 19.2. The molecule has 0 atom stereocenters. The largest absolute Gasteiger partial charge is 1.00 e. The van der Waals surface area contributed by atoms with Crippen LogP contribution in [0.25, 0.3) is 33.4 Å². The fourth-order valence-corrected chi connectivity index (χ4v) is 9.48. The van der Waals surface area contributed by atoms with Crippen LogP contribution < -0.4 is 24.8 Å². The zero-order chi connectivity index (χ0) is 46.9. The van der Waals surface area contributed by atoms with Crippen molar-refractivity contribution in [1.29, 1.82) is 0 Å². The molecule has 0 fully saturated rings. The molecule has 0 amide bonds. The molecule has 0 heterocycles. The number of hydrogen-bond donors (Lipinski definition) is 0. The third-order valence-electron chi connectivity index (χ3n) is 11.8. The van der Waals surface area contributed by atoms with Gasteiger partial charge in [-0.25, -0.2) is 6.07 Å². The number of halogens is 8. The maximum absolute atomic E-state index is 12.7. The predicted octanol–water partition coefficient (Wildman–Crippen LogP) is 10.4. The van der Waals surface area contributed by atoms with E-state index < -0.39 is 23.5 Å². The van der Waals surface area contributed by atoms with Crippen molar-refractivity contribution in [1.82, 2.24) is 0 Å². The molecule has 9 heteroatoms. The number of alkyl halides is 6. The molecule has 0 unspecified atom stereocenters. The Bertz CT molecular complexity index is 2630. The quantitative estimate of drug-likeness (QED) is 0.119. The fraction of sp³-hybridized carbons (Fsp3) is 0.263. The molecule has 1 aliphatic carbocycles. The Kier molecular flexibility index (Phi) is 17.8. The van der Waals surface area contributed by atoms with Gasteiger partial charge in [-0.1, -0.05) is 121 Å². The molecule has 0 bridgehead atoms. The minimum absolute atomic E-state index is 0. The maximum atomic E-state index is 12.7. The van der Waals surface area contributed by atoms with Gasteiger partial charge in [-0.05, 0) is 75.8 Å². The van der Waals surface area contributed by atoms with Gasteiger partial charge in [0.05, 0.1) is 0 Å². The van der Waals surface area contributed by atoms with Gasteiger partial charge in [0.15, 0.2) is 0 Å². The molecule has 0 saturated carbocycles. The van der Waals surface area contributed by atoms with Gasteiger partial charge in [-0.2, -0.15) is 23.3 Å². The van der Waals surface area contributed by atoms with Crippen LogP contribution in [0.1, 0.15) is 106 Å². The summed E-state index contributed by atoms with van der Waals surface area (Å²) in [5.41, 5.74) is 20.8. The third-order valence-corrected chi connectivity index (χ3v) is 13.2. The average molecular weight is 1020 g/mol. The standard InChI is InChI=1S/C31H29.C15H8F6.C11H17.2ClH.Zr/c1-18-11-20(3)30(21(4)12-18)24-7-9-28-26(15-24)17-27-16-25(8-10-29(27)28)31-22(5)13-19(2)14-23(31)6;16-14(17,18)12-5-1-3-10(8-12)7-11-4-2-6-13(9-11)15(19,20)21;1-5-9-6-7-10(8-9)11(2,3)4;;;/h7-15H,17H2,1-6H3;1-6,8-9H;6-8H,5H2,1-4H3;2*1H;/q-1;;-1;;;+2/p-2. The first kappa shape index (κ1) is 54.2. The van der Waals surface area contributed by atoms with E-state index in [1.54, 1.807) is 0 Å². The summed E-state index contributed by atoms with van der Waals surface area (Å²) in [4.78, 5) is 0. The molecule has 8 rings (SSSR count). The van der Waals surface area contributed by atoms with Crippen molar-refractivity contribution in [3.05, 3.63) is 205 Å². The first-order chi connectivity index (χ1) is 29.9. The molecule has 66 heavy (non-hydrogen) atoms. The van der Waals surface area contributed by atoms with Crippen LogP contribution in [0.15, 0.2) is 121 Å². The van der Waals surface area contributed by atoms with E-state index in [0.717, 1.165) is 61.3 Å². The van der Waals surface area contributed by atoms with Gasteiger partial charge < -0.3 is 24.8 Å². The second kappa shape index (κ2) is 21.7. The third kappa shape index (κ3) is 12.8. The fourth-order valence-electron chi connectivity index (χ4n) is 8.71. The van der Waals surface area contributed by atoms with Gasteiger partial charge in [0.25, 0.3) is 0 Å². The Morgan fingerprint density at radius 2 is 1.08 bits per heavy atom. The summed E-state index contributed by atoms with van der Waals surface area (Å²) >= 11 is 0.729. The SMILES string of the molecule is CCc1cc(C(C)(C)C)c[cH-]1.Cc1cc(C)c(-c2[c-]c3c(cc2)-c2ccc(-c4c(C)cc(C)cc4C)cc2C3)c(C)c1.FC(F)(F)c1cccc([C](=[Zr+2])c2cccc(C(F)(F)F)c2)c1.[Cl-].[Cl-]. The van der Waals surface area contributed by atoms with E-state index in [0.29, 0.717) is 8.62 Å². The van der Waals surface area contributed by atoms with Crippen molar-refractivity contribution < 1.29 is 75.4 Å². The van der Waals surface area contributed by atoms with Crippen molar-refractivity contribution in [3.63, 3.8) is 0 Å². The summed E-state index contributed by atoms with van der Waals surface area (Å²) in [6.07, 6.45) is -6.86. The van der Waals surface area contributed by atoms with Crippen LogP contribution >= 0.6 is 0 Å². The topological polar surface area (TPSA) is 0 Å². The van der Waals surface area contributed by atoms with Crippen molar-refractivity contribution in [2.45, 2.75) is 99.8 Å². The number of hydrogen-bond acceptors (Lipinski definition) is 0. The van der Waals surface area contributed by atoms with Crippen LogP contribution in [0.5, 0.6) is 0 Å². The summed E-state index contributed by atoms with van der Waals surface area (Å²) in [6, 6.07) is 40.4. The molecular weight excluding hydrogens is 961 g/mol. The summed E-state index contributed by atoms with van der Waals surface area (Å²) in [5.74, 6) is 0. The molecule has 0 spiro atoms. The van der Waals surface area contributed by atoms with Crippen molar-refractivity contribution >= 4 is 3.21 Å². The Morgan fingerprint density at radius 3 is 1.52 bits per heavy atom. The van der Waals surface area contributed by atoms with Gasteiger partial charge in [0, 0.05) is 0 Å². The Labute approximate surface area is 414 Å². The number of fused-ring (bicyclic) bond motifs is 3. The summed E-state index contributed by atoms with van der Waals surface area (Å²) < 4.78 is 76.7. The summed E-state index contributed by atoms with van der Waals surface area (Å²) in [5, 5.41) is 0. The van der Waals surface area contributed by atoms with E-state index in [1.165, 1.54) is 113 Å². The molecule has 1 aliphatic rings. The Morgan fingerprint density at radius 1 is 0.591 bits per heavy atom. The first-order valence-corrected chi connectivity index (χ1v) is 22.7. The molecule has 7 aromatic rings. The Hall–Kier alpha value is -4.42. The van der Waals surface area contributed by atoms with E-state index in [4.69, 9.17) is 0 Å². The van der Waals surface area contributed by atoms with Crippen LogP contribution in [0.2, 0.25) is 0 Å². The Balaban J connectivity index is 0.000000238. The van der Waals surface area contributed by atoms with Crippen LogP contribution in [0.3, 0.4) is 0 Å². The van der Waals surface area contributed by atoms with Gasteiger partial charge in [0.1, 0.15) is 0 Å². The van der Waals surface area contributed by atoms with Crippen LogP contribution in [-0.4, -0.2) is 3.21 Å². The summed E-state index contributed by atoms with van der Waals surface area (Å²) in [6.45, 7) is 22.2. The molecule has 0 aromatic heterocycles. The minimum atomic E-state index is -4.49. The van der Waals surface area contributed by atoms with E-state index in [9.17, 15) is 26.3 Å². The zero-order valence-electron chi connectivity index (χ0n) is 39.0. The predicted molar refractivity (Wildman–Crippen MR) is 249 cm³/mol. The molecule has 0 radical (unpaired) electrons. The second-order valence-electron chi connectivity index (χ2n) is 18.0. The van der Waals surface area contributed by atoms with Crippen LogP contribution in [-0.2, 0) is 54.8 Å². The number of rotatable bonds is 5. The van der Waals surface area contributed by atoms with Gasteiger partial charge in [-0.3, -0.25) is 0 Å². The smallest absolute Gasteiger partial charge is 1.00 e. The zero-order valence-corrected chi connectivity index (χ0v) is 43.0. The van der Waals surface area contributed by atoms with Crippen molar-refractivity contribution in [2.24, 2.45) is 0 Å². The molecule has 7 aromatic carbocycles. The first-order valence-electron chi connectivity index (χ1n) is 21.5. The summed E-state index contributed by atoms with van der Waals surface area (Å²) in [7, 11) is 0. The average Bonchev–Trinajstić information content (AvgIpc) is 3.85. The normalized spacial score (nSPS) is 11.8. The van der Waals surface area contributed by atoms with E-state index >= 15 is 0 Å². The van der Waals surface area contributed by atoms with E-state index in [2.05, 4.69) is 148 Å². The molecule has 0 N–H and O–H groups in total. The van der Waals surface area contributed by atoms with Gasteiger partial charge in [0.2, 0.25) is 0 Å². The van der Waals surface area contributed by atoms with E-state index in [-0.39, 0.29) is 35.9 Å². The van der Waals surface area contributed by atoms with Gasteiger partial charge >= 0.3 is 137 Å². The molecule has 0 saturated heterocycles. The number of aryl methyl sites for hydroxylation is 7. The monoisotopic (exact) mass is 1010 g/mol. The molecular formula is C57H54Cl2F6Zr-2. The molecule has 344 valence electrons. The van der Waals surface area contributed by atoms with Crippen molar-refractivity contribution in [3.8, 4) is 33.4 Å². The van der Waals surface area contributed by atoms with E-state index in [1.807, 2.05) is 0 Å². The molecule has 0 aliphatic heterocycles. The van der Waals surface area contributed by atoms with Crippen molar-refractivity contribution in [2.75, 3.05) is 0 Å². The van der Waals surface area contributed by atoms with Gasteiger partial charge in [-0.15, -0.1) is 29.3 Å². The molecule has 0 nitrogen and oxygen atoms in total. The maximum Gasteiger partial charge on any atom is -1.00 e. The minimum Gasteiger partial charge on any atom is -1.00 e. The van der Waals surface area contributed by atoms with Crippen LogP contribution in [0, 0.1) is 47.6 Å². The number of benzene rings is 6. The van der Waals surface area contributed by atoms with Crippen LogP contribution in [0.4, 0.5) is 26.3 Å².